The average Bonchev–Trinajstić information content (AvgIpc) is 2.33. The van der Waals surface area contributed by atoms with Crippen LogP contribution in [-0.2, 0) is 13.3 Å². The van der Waals surface area contributed by atoms with Gasteiger partial charge in [-0.25, -0.2) is 0 Å². The van der Waals surface area contributed by atoms with E-state index in [1.807, 2.05) is 0 Å². The fourth-order valence-electron chi connectivity index (χ4n) is 3.03. The summed E-state index contributed by atoms with van der Waals surface area (Å²) >= 11 is 0. The molecule has 4 heteroatoms. The first-order valence-corrected chi connectivity index (χ1v) is 8.18. The van der Waals surface area contributed by atoms with E-state index < -0.39 is 8.80 Å². The lowest BCUT2D eigenvalue weighted by Gasteiger charge is -2.37. The molecule has 1 fully saturated rings. The molecule has 2 atom stereocenters. The highest BCUT2D eigenvalue weighted by Gasteiger charge is 2.48. The van der Waals surface area contributed by atoms with Gasteiger partial charge in [0.2, 0.25) is 0 Å². The molecule has 0 heterocycles. The van der Waals surface area contributed by atoms with Crippen molar-refractivity contribution in [1.29, 1.82) is 0 Å². The third-order valence-electron chi connectivity index (χ3n) is 3.83. The van der Waals surface area contributed by atoms with Crippen LogP contribution in [0.5, 0.6) is 0 Å². The van der Waals surface area contributed by atoms with Gasteiger partial charge in [0.25, 0.3) is 0 Å². The Morgan fingerprint density at radius 3 is 2.19 bits per heavy atom. The van der Waals surface area contributed by atoms with Gasteiger partial charge in [-0.2, -0.15) is 0 Å². The van der Waals surface area contributed by atoms with Gasteiger partial charge in [0.1, 0.15) is 0 Å². The Morgan fingerprint density at radius 1 is 1.06 bits per heavy atom. The maximum Gasteiger partial charge on any atom is 0.503 e. The molecule has 2 unspecified atom stereocenters. The third-order valence-corrected chi connectivity index (χ3v) is 7.06. The molecule has 0 aromatic carbocycles. The van der Waals surface area contributed by atoms with Crippen molar-refractivity contribution >= 4 is 8.80 Å². The SMILES string of the molecule is CCCC1CCCC([Si](OC)(OC)OC)C1. The van der Waals surface area contributed by atoms with Crippen molar-refractivity contribution in [2.45, 2.75) is 51.0 Å². The van der Waals surface area contributed by atoms with Crippen molar-refractivity contribution < 1.29 is 13.3 Å². The Hall–Kier alpha value is 0.0969. The van der Waals surface area contributed by atoms with E-state index in [1.165, 1.54) is 38.5 Å². The fraction of sp³-hybridized carbons (Fsp3) is 1.00. The molecule has 0 aliphatic heterocycles. The van der Waals surface area contributed by atoms with E-state index in [4.69, 9.17) is 13.3 Å². The first-order chi connectivity index (χ1) is 7.72. The molecule has 1 aliphatic rings. The van der Waals surface area contributed by atoms with E-state index in [1.54, 1.807) is 21.3 Å². The Kier molecular flexibility index (Phi) is 5.96. The summed E-state index contributed by atoms with van der Waals surface area (Å²) in [6.45, 7) is 2.26. The lowest BCUT2D eigenvalue weighted by atomic mass is 9.86. The molecule has 16 heavy (non-hydrogen) atoms. The lowest BCUT2D eigenvalue weighted by molar-refractivity contribution is 0.0984. The quantitative estimate of drug-likeness (QED) is 0.673. The van der Waals surface area contributed by atoms with Crippen LogP contribution in [0.25, 0.3) is 0 Å². The molecular weight excluding hydrogens is 220 g/mol. The smallest absolute Gasteiger partial charge is 0.377 e. The van der Waals surface area contributed by atoms with E-state index in [0.29, 0.717) is 5.54 Å². The molecule has 0 aromatic rings. The average molecular weight is 246 g/mol. The second kappa shape index (κ2) is 6.74. The van der Waals surface area contributed by atoms with Crippen LogP contribution in [0.4, 0.5) is 0 Å². The van der Waals surface area contributed by atoms with Crippen LogP contribution in [-0.4, -0.2) is 30.1 Å². The van der Waals surface area contributed by atoms with Gasteiger partial charge in [-0.1, -0.05) is 32.6 Å². The molecule has 0 spiro atoms. The van der Waals surface area contributed by atoms with Gasteiger partial charge in [-0.05, 0) is 18.8 Å². The Bertz CT molecular complexity index is 184. The highest BCUT2D eigenvalue weighted by molar-refractivity contribution is 6.62. The standard InChI is InChI=1S/C12H26O3Si/c1-5-7-11-8-6-9-12(10-11)16(13-2,14-3)15-4/h11-12H,5-10H2,1-4H3. The molecule has 3 nitrogen and oxygen atoms in total. The molecule has 0 saturated heterocycles. The van der Waals surface area contributed by atoms with Gasteiger partial charge in [-0.15, -0.1) is 0 Å². The molecule has 0 amide bonds. The fourth-order valence-corrected chi connectivity index (χ4v) is 5.71. The summed E-state index contributed by atoms with van der Waals surface area (Å²) in [6, 6.07) is 0. The van der Waals surface area contributed by atoms with Crippen LogP contribution in [0.3, 0.4) is 0 Å². The Balaban J connectivity index is 2.63. The predicted molar refractivity (Wildman–Crippen MR) is 67.4 cm³/mol. The number of hydrogen-bond donors (Lipinski definition) is 0. The first-order valence-electron chi connectivity index (χ1n) is 6.37. The number of rotatable bonds is 6. The third kappa shape index (κ3) is 3.06. The first kappa shape index (κ1) is 14.2. The molecule has 1 aliphatic carbocycles. The van der Waals surface area contributed by atoms with E-state index in [2.05, 4.69) is 6.92 Å². The van der Waals surface area contributed by atoms with Crippen LogP contribution in [0, 0.1) is 5.92 Å². The van der Waals surface area contributed by atoms with Crippen LogP contribution < -0.4 is 0 Å². The van der Waals surface area contributed by atoms with Crippen molar-refractivity contribution in [2.75, 3.05) is 21.3 Å². The van der Waals surface area contributed by atoms with E-state index in [9.17, 15) is 0 Å². The van der Waals surface area contributed by atoms with Gasteiger partial charge in [-0.3, -0.25) is 0 Å². The summed E-state index contributed by atoms with van der Waals surface area (Å²) in [6.07, 6.45) is 7.68. The van der Waals surface area contributed by atoms with Crippen LogP contribution in [0.2, 0.25) is 5.54 Å². The van der Waals surface area contributed by atoms with Gasteiger partial charge >= 0.3 is 8.80 Å². The summed E-state index contributed by atoms with van der Waals surface area (Å²) in [5.74, 6) is 0.844. The molecule has 0 aromatic heterocycles. The summed E-state index contributed by atoms with van der Waals surface area (Å²) in [4.78, 5) is 0. The molecule has 1 saturated carbocycles. The van der Waals surface area contributed by atoms with Crippen molar-refractivity contribution in [1.82, 2.24) is 0 Å². The zero-order chi connectivity index (χ0) is 12.0. The van der Waals surface area contributed by atoms with E-state index in [-0.39, 0.29) is 0 Å². The molecule has 1 rings (SSSR count). The summed E-state index contributed by atoms with van der Waals surface area (Å²) < 4.78 is 16.8. The maximum atomic E-state index is 5.60. The van der Waals surface area contributed by atoms with Gasteiger partial charge in [0.05, 0.1) is 0 Å². The van der Waals surface area contributed by atoms with Crippen molar-refractivity contribution in [3.63, 3.8) is 0 Å². The maximum absolute atomic E-state index is 5.60. The second-order valence-electron chi connectivity index (χ2n) is 4.73. The second-order valence-corrected chi connectivity index (χ2v) is 7.98. The van der Waals surface area contributed by atoms with Gasteiger partial charge < -0.3 is 13.3 Å². The zero-order valence-electron chi connectivity index (χ0n) is 11.1. The Morgan fingerprint density at radius 2 is 1.69 bits per heavy atom. The lowest BCUT2D eigenvalue weighted by Crippen LogP contribution is -2.49. The van der Waals surface area contributed by atoms with Crippen molar-refractivity contribution in [3.8, 4) is 0 Å². The predicted octanol–water partition coefficient (Wildman–Crippen LogP) is 3.23. The van der Waals surface area contributed by atoms with E-state index in [0.717, 1.165) is 5.92 Å². The minimum Gasteiger partial charge on any atom is -0.377 e. The topological polar surface area (TPSA) is 27.7 Å². The zero-order valence-corrected chi connectivity index (χ0v) is 12.1. The van der Waals surface area contributed by atoms with Gasteiger partial charge in [0, 0.05) is 26.9 Å². The summed E-state index contributed by atoms with van der Waals surface area (Å²) in [5, 5.41) is 0. The minimum absolute atomic E-state index is 0.498. The van der Waals surface area contributed by atoms with Crippen LogP contribution in [0.1, 0.15) is 45.4 Å². The highest BCUT2D eigenvalue weighted by atomic mass is 28.4. The van der Waals surface area contributed by atoms with Gasteiger partial charge in [0.15, 0.2) is 0 Å². The molecular formula is C12H26O3Si. The van der Waals surface area contributed by atoms with Crippen molar-refractivity contribution in [3.05, 3.63) is 0 Å². The van der Waals surface area contributed by atoms with Crippen molar-refractivity contribution in [2.24, 2.45) is 5.92 Å². The van der Waals surface area contributed by atoms with Crippen LogP contribution in [0.15, 0.2) is 0 Å². The molecule has 0 N–H and O–H groups in total. The van der Waals surface area contributed by atoms with E-state index >= 15 is 0 Å². The summed E-state index contributed by atoms with van der Waals surface area (Å²) in [7, 11) is 2.79. The largest absolute Gasteiger partial charge is 0.503 e. The molecule has 96 valence electrons. The monoisotopic (exact) mass is 246 g/mol. The summed E-state index contributed by atoms with van der Waals surface area (Å²) in [5.41, 5.74) is 0.498. The Labute approximate surface area is 101 Å². The normalized spacial score (nSPS) is 27.0. The number of hydrogen-bond acceptors (Lipinski definition) is 3. The van der Waals surface area contributed by atoms with Crippen LogP contribution >= 0.6 is 0 Å². The molecule has 0 bridgehead atoms. The minimum atomic E-state index is -2.39. The highest BCUT2D eigenvalue weighted by Crippen LogP contribution is 2.42. The molecule has 0 radical (unpaired) electrons.